The molecule has 1 saturated heterocycles. The number of aromatic nitrogens is 1. The number of likely N-dealkylation sites (tertiary alicyclic amines) is 1. The molecule has 0 radical (unpaired) electrons. The van der Waals surface area contributed by atoms with Crippen LogP contribution in [0.25, 0.3) is 10.9 Å². The SMILES string of the molecule is Cc1cc(COc2ccc(S(=O)(=O)N[C@@H]3CCN(C(C)C)C[C@@]3(C)C(=O)NO)cc2)c2ccccc2n1. The third-order valence-corrected chi connectivity index (χ3v) is 8.60. The summed E-state index contributed by atoms with van der Waals surface area (Å²) >= 11 is 0. The summed E-state index contributed by atoms with van der Waals surface area (Å²) in [6.45, 7) is 8.91. The highest BCUT2D eigenvalue weighted by atomic mass is 32.2. The molecule has 2 aromatic carbocycles. The Morgan fingerprint density at radius 3 is 2.59 bits per heavy atom. The van der Waals surface area contributed by atoms with Crippen LogP contribution in [0.1, 0.15) is 38.4 Å². The van der Waals surface area contributed by atoms with Gasteiger partial charge < -0.3 is 4.74 Å². The van der Waals surface area contributed by atoms with Gasteiger partial charge in [-0.3, -0.25) is 19.9 Å². The van der Waals surface area contributed by atoms with Crippen LogP contribution in [-0.2, 0) is 21.4 Å². The largest absolute Gasteiger partial charge is 0.489 e. The molecule has 0 bridgehead atoms. The predicted octanol–water partition coefficient (Wildman–Crippen LogP) is 3.39. The summed E-state index contributed by atoms with van der Waals surface area (Å²) in [6, 6.07) is 15.5. The van der Waals surface area contributed by atoms with E-state index >= 15 is 0 Å². The van der Waals surface area contributed by atoms with Crippen LogP contribution in [0.4, 0.5) is 0 Å². The number of para-hydroxylation sites is 1. The number of piperidine rings is 1. The highest BCUT2D eigenvalue weighted by molar-refractivity contribution is 7.89. The van der Waals surface area contributed by atoms with Gasteiger partial charge in [0.25, 0.3) is 5.91 Å². The van der Waals surface area contributed by atoms with Gasteiger partial charge in [0.15, 0.2) is 0 Å². The molecular formula is C27H34N4O5S. The Balaban J connectivity index is 1.48. The zero-order valence-electron chi connectivity index (χ0n) is 21.6. The fraction of sp³-hybridized carbons (Fsp3) is 0.407. The molecule has 3 aromatic rings. The first-order valence-electron chi connectivity index (χ1n) is 12.3. The molecule has 3 N–H and O–H groups in total. The monoisotopic (exact) mass is 526 g/mol. The molecule has 37 heavy (non-hydrogen) atoms. The van der Waals surface area contributed by atoms with Gasteiger partial charge in [-0.15, -0.1) is 0 Å². The standard InChI is InChI=1S/C27H34N4O5S/c1-18(2)31-14-13-25(27(4,17-31)26(32)29-33)30-37(34,35)22-11-9-21(10-12-22)36-16-20-15-19(3)28-24-8-6-5-7-23(20)24/h5-12,15,18,25,30,33H,13-14,16-17H2,1-4H3,(H,29,32)/t25-,27-/m1/s1. The maximum absolute atomic E-state index is 13.2. The molecule has 198 valence electrons. The molecular weight excluding hydrogens is 492 g/mol. The lowest BCUT2D eigenvalue weighted by Gasteiger charge is -2.46. The topological polar surface area (TPSA) is 121 Å². The molecule has 1 aromatic heterocycles. The van der Waals surface area contributed by atoms with Crippen molar-refractivity contribution in [3.8, 4) is 5.75 Å². The normalized spacial score (nSPS) is 20.8. The number of carbonyl (C=O) groups is 1. The second-order valence-electron chi connectivity index (χ2n) is 10.1. The van der Waals surface area contributed by atoms with Gasteiger partial charge in [0.05, 0.1) is 15.8 Å². The lowest BCUT2D eigenvalue weighted by molar-refractivity contribution is -0.144. The minimum absolute atomic E-state index is 0.0723. The van der Waals surface area contributed by atoms with Gasteiger partial charge in [-0.25, -0.2) is 18.6 Å². The van der Waals surface area contributed by atoms with Gasteiger partial charge in [-0.1, -0.05) is 18.2 Å². The second kappa shape index (κ2) is 10.7. The van der Waals surface area contributed by atoms with Crippen molar-refractivity contribution in [1.29, 1.82) is 0 Å². The number of pyridine rings is 1. The number of ether oxygens (including phenoxy) is 1. The van der Waals surface area contributed by atoms with Crippen LogP contribution in [-0.4, -0.2) is 54.6 Å². The Bertz CT molecular complexity index is 1380. The van der Waals surface area contributed by atoms with E-state index in [4.69, 9.17) is 4.74 Å². The number of sulfonamides is 1. The van der Waals surface area contributed by atoms with E-state index in [2.05, 4.69) is 14.6 Å². The molecule has 2 heterocycles. The Kier molecular flexibility index (Phi) is 7.84. The van der Waals surface area contributed by atoms with Gasteiger partial charge in [0.1, 0.15) is 12.4 Å². The zero-order valence-corrected chi connectivity index (χ0v) is 22.4. The number of nitrogens with zero attached hydrogens (tertiary/aromatic N) is 2. The van der Waals surface area contributed by atoms with E-state index in [9.17, 15) is 18.4 Å². The Hall–Kier alpha value is -3.05. The maximum Gasteiger partial charge on any atom is 0.252 e. The molecule has 0 unspecified atom stereocenters. The van der Waals surface area contributed by atoms with Gasteiger partial charge in [-0.05, 0) is 77.1 Å². The molecule has 1 amide bonds. The molecule has 1 fully saturated rings. The van der Waals surface area contributed by atoms with E-state index in [-0.39, 0.29) is 10.9 Å². The Morgan fingerprint density at radius 1 is 1.22 bits per heavy atom. The number of carbonyl (C=O) groups excluding carboxylic acids is 1. The van der Waals surface area contributed by atoms with E-state index in [1.807, 2.05) is 51.1 Å². The van der Waals surface area contributed by atoms with Crippen LogP contribution in [0.15, 0.2) is 59.5 Å². The quantitative estimate of drug-likeness (QED) is 0.304. The number of benzene rings is 2. The zero-order chi connectivity index (χ0) is 26.8. The van der Waals surface area contributed by atoms with Crippen molar-refractivity contribution >= 4 is 26.8 Å². The average molecular weight is 527 g/mol. The van der Waals surface area contributed by atoms with Gasteiger partial charge in [0.2, 0.25) is 10.0 Å². The highest BCUT2D eigenvalue weighted by Crippen LogP contribution is 2.33. The lowest BCUT2D eigenvalue weighted by atomic mass is 9.76. The van der Waals surface area contributed by atoms with Crippen molar-refractivity contribution in [1.82, 2.24) is 20.1 Å². The van der Waals surface area contributed by atoms with Gasteiger partial charge >= 0.3 is 0 Å². The summed E-state index contributed by atoms with van der Waals surface area (Å²) in [4.78, 5) is 19.3. The molecule has 10 heteroatoms. The Morgan fingerprint density at radius 2 is 1.92 bits per heavy atom. The van der Waals surface area contributed by atoms with Crippen molar-refractivity contribution in [3.63, 3.8) is 0 Å². The van der Waals surface area contributed by atoms with E-state index in [1.54, 1.807) is 24.5 Å². The third-order valence-electron chi connectivity index (χ3n) is 7.11. The number of aryl methyl sites for hydroxylation is 1. The number of rotatable bonds is 8. The molecule has 4 rings (SSSR count). The van der Waals surface area contributed by atoms with E-state index in [1.165, 1.54) is 12.1 Å². The molecule has 0 aliphatic carbocycles. The average Bonchev–Trinajstić information content (AvgIpc) is 2.87. The van der Waals surface area contributed by atoms with Crippen LogP contribution < -0.4 is 14.9 Å². The number of hydrogen-bond donors (Lipinski definition) is 3. The van der Waals surface area contributed by atoms with Crippen LogP contribution in [0.5, 0.6) is 5.75 Å². The summed E-state index contributed by atoms with van der Waals surface area (Å²) in [6.07, 6.45) is 0.432. The van der Waals surface area contributed by atoms with Crippen molar-refractivity contribution in [2.24, 2.45) is 5.41 Å². The maximum atomic E-state index is 13.2. The summed E-state index contributed by atoms with van der Waals surface area (Å²) < 4.78 is 35.1. The predicted molar refractivity (Wildman–Crippen MR) is 141 cm³/mol. The first-order valence-corrected chi connectivity index (χ1v) is 13.8. The van der Waals surface area contributed by atoms with Gasteiger partial charge in [0, 0.05) is 35.3 Å². The first kappa shape index (κ1) is 27.0. The van der Waals surface area contributed by atoms with E-state index in [0.717, 1.165) is 22.2 Å². The summed E-state index contributed by atoms with van der Waals surface area (Å²) in [5.41, 5.74) is 3.37. The molecule has 2 atom stereocenters. The molecule has 0 spiro atoms. The van der Waals surface area contributed by atoms with Crippen molar-refractivity contribution in [2.75, 3.05) is 13.1 Å². The van der Waals surface area contributed by atoms with Crippen LogP contribution in [0, 0.1) is 12.3 Å². The Labute approximate surface area is 217 Å². The number of hydroxylamine groups is 1. The van der Waals surface area contributed by atoms with Crippen molar-refractivity contribution in [3.05, 3.63) is 65.9 Å². The van der Waals surface area contributed by atoms with Crippen LogP contribution in [0.2, 0.25) is 0 Å². The smallest absolute Gasteiger partial charge is 0.252 e. The molecule has 9 nitrogen and oxygen atoms in total. The van der Waals surface area contributed by atoms with Crippen LogP contribution >= 0.6 is 0 Å². The first-order chi connectivity index (χ1) is 17.5. The number of nitrogens with one attached hydrogen (secondary N) is 2. The third kappa shape index (κ3) is 5.77. The summed E-state index contributed by atoms with van der Waals surface area (Å²) in [5, 5.41) is 10.3. The summed E-state index contributed by atoms with van der Waals surface area (Å²) in [7, 11) is -3.92. The molecule has 1 aliphatic heterocycles. The molecule has 1 aliphatic rings. The minimum Gasteiger partial charge on any atom is -0.489 e. The summed E-state index contributed by atoms with van der Waals surface area (Å²) in [5.74, 6) is -0.0830. The molecule has 0 saturated carbocycles. The minimum atomic E-state index is -3.92. The van der Waals surface area contributed by atoms with Gasteiger partial charge in [-0.2, -0.15) is 0 Å². The van der Waals surface area contributed by atoms with E-state index in [0.29, 0.717) is 31.9 Å². The van der Waals surface area contributed by atoms with Crippen molar-refractivity contribution in [2.45, 2.75) is 57.7 Å². The van der Waals surface area contributed by atoms with E-state index < -0.39 is 27.4 Å². The second-order valence-corrected chi connectivity index (χ2v) is 11.8. The number of amides is 1. The fourth-order valence-electron chi connectivity index (χ4n) is 4.86. The lowest BCUT2D eigenvalue weighted by Crippen LogP contribution is -2.63. The fourth-order valence-corrected chi connectivity index (χ4v) is 6.24. The number of hydrogen-bond acceptors (Lipinski definition) is 7. The van der Waals surface area contributed by atoms with Crippen LogP contribution in [0.3, 0.4) is 0 Å². The van der Waals surface area contributed by atoms with Crippen molar-refractivity contribution < 1.29 is 23.2 Å². The number of fused-ring (bicyclic) bond motifs is 1. The highest BCUT2D eigenvalue weighted by Gasteiger charge is 2.47.